The highest BCUT2D eigenvalue weighted by molar-refractivity contribution is 9.10. The van der Waals surface area contributed by atoms with Gasteiger partial charge in [-0.2, -0.15) is 0 Å². The van der Waals surface area contributed by atoms with E-state index in [-0.39, 0.29) is 19.0 Å². The van der Waals surface area contributed by atoms with Crippen molar-refractivity contribution in [1.29, 1.82) is 0 Å². The molecule has 16 heavy (non-hydrogen) atoms. The topological polar surface area (TPSA) is 52.5 Å². The van der Waals surface area contributed by atoms with Crippen LogP contribution in [0.25, 0.3) is 0 Å². The number of anilines is 1. The number of aliphatic hydroxyl groups is 2. The number of aliphatic hydroxyl groups excluding tert-OH is 2. The summed E-state index contributed by atoms with van der Waals surface area (Å²) in [6.07, 6.45) is 0. The molecular formula is C11H15BrFNO2. The first-order valence-electron chi connectivity index (χ1n) is 4.91. The molecule has 0 bridgehead atoms. The Morgan fingerprint density at radius 1 is 1.38 bits per heavy atom. The van der Waals surface area contributed by atoms with Crippen LogP contribution in [0.3, 0.4) is 0 Å². The van der Waals surface area contributed by atoms with Crippen molar-refractivity contribution < 1.29 is 14.6 Å². The van der Waals surface area contributed by atoms with E-state index in [1.807, 2.05) is 0 Å². The molecule has 0 aliphatic heterocycles. The first-order chi connectivity index (χ1) is 7.50. The molecule has 0 amide bonds. The molecule has 0 unspecified atom stereocenters. The van der Waals surface area contributed by atoms with Crippen molar-refractivity contribution in [2.24, 2.45) is 5.41 Å². The molecule has 0 saturated carbocycles. The van der Waals surface area contributed by atoms with Gasteiger partial charge in [0.1, 0.15) is 5.82 Å². The zero-order valence-electron chi connectivity index (χ0n) is 9.00. The summed E-state index contributed by atoms with van der Waals surface area (Å²) in [5.74, 6) is -0.360. The monoisotopic (exact) mass is 291 g/mol. The van der Waals surface area contributed by atoms with Gasteiger partial charge in [-0.05, 0) is 18.2 Å². The van der Waals surface area contributed by atoms with Crippen LogP contribution in [0, 0.1) is 11.2 Å². The van der Waals surface area contributed by atoms with E-state index >= 15 is 0 Å². The molecule has 1 rings (SSSR count). The summed E-state index contributed by atoms with van der Waals surface area (Å²) in [6, 6.07) is 4.57. The zero-order chi connectivity index (χ0) is 12.2. The number of benzene rings is 1. The van der Waals surface area contributed by atoms with E-state index in [1.54, 1.807) is 19.1 Å². The molecule has 0 aromatic heterocycles. The first kappa shape index (κ1) is 13.4. The van der Waals surface area contributed by atoms with Gasteiger partial charge in [-0.15, -0.1) is 0 Å². The van der Waals surface area contributed by atoms with Gasteiger partial charge in [-0.3, -0.25) is 0 Å². The van der Waals surface area contributed by atoms with E-state index in [0.717, 1.165) is 4.47 Å². The van der Waals surface area contributed by atoms with Gasteiger partial charge >= 0.3 is 0 Å². The van der Waals surface area contributed by atoms with Crippen LogP contribution >= 0.6 is 15.9 Å². The Morgan fingerprint density at radius 3 is 2.56 bits per heavy atom. The quantitative estimate of drug-likeness (QED) is 0.778. The fourth-order valence-electron chi connectivity index (χ4n) is 1.10. The summed E-state index contributed by atoms with van der Waals surface area (Å²) < 4.78 is 14.1. The molecule has 0 spiro atoms. The van der Waals surface area contributed by atoms with E-state index in [0.29, 0.717) is 12.2 Å². The summed E-state index contributed by atoms with van der Waals surface area (Å²) in [7, 11) is 0. The maximum atomic E-state index is 13.3. The minimum absolute atomic E-state index is 0.161. The third-order valence-electron chi connectivity index (χ3n) is 2.40. The smallest absolute Gasteiger partial charge is 0.146 e. The number of halogens is 2. The molecule has 3 N–H and O–H groups in total. The van der Waals surface area contributed by atoms with Gasteiger partial charge < -0.3 is 15.5 Å². The second-order valence-corrected chi connectivity index (χ2v) is 5.02. The normalized spacial score (nSPS) is 11.6. The lowest BCUT2D eigenvalue weighted by atomic mass is 9.93. The van der Waals surface area contributed by atoms with Crippen LogP contribution < -0.4 is 5.32 Å². The van der Waals surface area contributed by atoms with Crippen LogP contribution in [0.2, 0.25) is 0 Å². The summed E-state index contributed by atoms with van der Waals surface area (Å²) in [6.45, 7) is 1.70. The van der Waals surface area contributed by atoms with Gasteiger partial charge in [0.2, 0.25) is 0 Å². The van der Waals surface area contributed by atoms with Crippen LogP contribution in [0.1, 0.15) is 6.92 Å². The van der Waals surface area contributed by atoms with Crippen LogP contribution in [0.15, 0.2) is 22.7 Å². The Labute approximate surface area is 102 Å². The molecule has 0 atom stereocenters. The SMILES string of the molecule is CC(CO)(CO)CNc1cc(Br)ccc1F. The Hall–Kier alpha value is -0.650. The average molecular weight is 292 g/mol. The molecular weight excluding hydrogens is 277 g/mol. The summed E-state index contributed by atoms with van der Waals surface area (Å²) >= 11 is 3.25. The Kier molecular flexibility index (Phi) is 4.70. The van der Waals surface area contributed by atoms with Crippen molar-refractivity contribution in [3.63, 3.8) is 0 Å². The van der Waals surface area contributed by atoms with Gasteiger partial charge in [0, 0.05) is 16.4 Å². The molecule has 0 fully saturated rings. The summed E-state index contributed by atoms with van der Waals surface area (Å²) in [5.41, 5.74) is -0.308. The summed E-state index contributed by atoms with van der Waals surface area (Å²) in [5, 5.41) is 21.0. The van der Waals surface area contributed by atoms with E-state index < -0.39 is 5.41 Å². The second kappa shape index (κ2) is 5.61. The van der Waals surface area contributed by atoms with Crippen LogP contribution in [0.5, 0.6) is 0 Å². The number of hydrogen-bond acceptors (Lipinski definition) is 3. The Bertz CT molecular complexity index is 356. The fraction of sp³-hybridized carbons (Fsp3) is 0.455. The second-order valence-electron chi connectivity index (χ2n) is 4.10. The maximum absolute atomic E-state index is 13.3. The van der Waals surface area contributed by atoms with Gasteiger partial charge in [0.05, 0.1) is 18.9 Å². The van der Waals surface area contributed by atoms with Crippen molar-refractivity contribution in [1.82, 2.24) is 0 Å². The molecule has 0 radical (unpaired) electrons. The van der Waals surface area contributed by atoms with E-state index in [2.05, 4.69) is 21.2 Å². The maximum Gasteiger partial charge on any atom is 0.146 e. The lowest BCUT2D eigenvalue weighted by Gasteiger charge is -2.25. The van der Waals surface area contributed by atoms with Crippen molar-refractivity contribution in [3.8, 4) is 0 Å². The molecule has 0 saturated heterocycles. The zero-order valence-corrected chi connectivity index (χ0v) is 10.6. The van der Waals surface area contributed by atoms with Crippen LogP contribution in [0.4, 0.5) is 10.1 Å². The van der Waals surface area contributed by atoms with Crippen molar-refractivity contribution in [2.45, 2.75) is 6.92 Å². The predicted molar refractivity (Wildman–Crippen MR) is 64.9 cm³/mol. The molecule has 90 valence electrons. The van der Waals surface area contributed by atoms with Crippen LogP contribution in [-0.2, 0) is 0 Å². The van der Waals surface area contributed by atoms with E-state index in [4.69, 9.17) is 10.2 Å². The van der Waals surface area contributed by atoms with Gasteiger partial charge in [-0.25, -0.2) is 4.39 Å². The molecule has 1 aromatic rings. The van der Waals surface area contributed by atoms with Crippen molar-refractivity contribution in [2.75, 3.05) is 25.1 Å². The summed E-state index contributed by atoms with van der Waals surface area (Å²) in [4.78, 5) is 0. The third-order valence-corrected chi connectivity index (χ3v) is 2.89. The molecule has 3 nitrogen and oxygen atoms in total. The lowest BCUT2D eigenvalue weighted by Crippen LogP contribution is -2.34. The highest BCUT2D eigenvalue weighted by atomic mass is 79.9. The highest BCUT2D eigenvalue weighted by Gasteiger charge is 2.22. The molecule has 0 aliphatic rings. The first-order valence-corrected chi connectivity index (χ1v) is 5.71. The van der Waals surface area contributed by atoms with E-state index in [1.165, 1.54) is 6.07 Å². The standard InChI is InChI=1S/C11H15BrFNO2/c1-11(6-15,7-16)5-14-10-4-8(12)2-3-9(10)13/h2-4,14-16H,5-7H2,1H3. The Morgan fingerprint density at radius 2 is 2.00 bits per heavy atom. The van der Waals surface area contributed by atoms with Gasteiger partial charge in [0.15, 0.2) is 0 Å². The lowest BCUT2D eigenvalue weighted by molar-refractivity contribution is 0.0806. The van der Waals surface area contributed by atoms with Gasteiger partial charge in [-0.1, -0.05) is 22.9 Å². The number of nitrogens with one attached hydrogen (secondary N) is 1. The molecule has 5 heteroatoms. The molecule has 0 aliphatic carbocycles. The minimum Gasteiger partial charge on any atom is -0.396 e. The van der Waals surface area contributed by atoms with Gasteiger partial charge in [0.25, 0.3) is 0 Å². The average Bonchev–Trinajstić information content (AvgIpc) is 2.30. The van der Waals surface area contributed by atoms with Crippen molar-refractivity contribution >= 4 is 21.6 Å². The number of rotatable bonds is 5. The highest BCUT2D eigenvalue weighted by Crippen LogP contribution is 2.22. The largest absolute Gasteiger partial charge is 0.396 e. The molecule has 1 aromatic carbocycles. The van der Waals surface area contributed by atoms with E-state index in [9.17, 15) is 4.39 Å². The van der Waals surface area contributed by atoms with Crippen LogP contribution in [-0.4, -0.2) is 30.0 Å². The fourth-order valence-corrected chi connectivity index (χ4v) is 1.46. The van der Waals surface area contributed by atoms with Crippen molar-refractivity contribution in [3.05, 3.63) is 28.5 Å². The number of hydrogen-bond donors (Lipinski definition) is 3. The molecule has 0 heterocycles. The predicted octanol–water partition coefficient (Wildman–Crippen LogP) is 1.99. The Balaban J connectivity index is 2.70. The third kappa shape index (κ3) is 3.43. The minimum atomic E-state index is -0.658.